The zero-order chi connectivity index (χ0) is 7.73. The minimum absolute atomic E-state index is 0.0894. The van der Waals surface area contributed by atoms with Crippen LogP contribution in [0.5, 0.6) is 0 Å². The molecule has 60 valence electrons. The number of ketones is 1. The first-order valence-corrected chi connectivity index (χ1v) is 4.03. The summed E-state index contributed by atoms with van der Waals surface area (Å²) < 4.78 is 0. The van der Waals surface area contributed by atoms with E-state index < -0.39 is 0 Å². The maximum Gasteiger partial charge on any atom is 0.143 e. The lowest BCUT2D eigenvalue weighted by molar-refractivity contribution is -0.127. The summed E-state index contributed by atoms with van der Waals surface area (Å²) in [4.78, 5) is 16.2. The molecular weight excluding hydrogens is 142 g/mol. The summed E-state index contributed by atoms with van der Waals surface area (Å²) in [5, 5.41) is 3.75. The second-order valence-electron chi connectivity index (χ2n) is 3.31. The average Bonchev–Trinajstić information content (AvgIpc) is 2.45. The van der Waals surface area contributed by atoms with Crippen LogP contribution in [0, 0.1) is 0 Å². The fourth-order valence-corrected chi connectivity index (χ4v) is 1.67. The molecule has 1 aliphatic carbocycles. The molecule has 1 aliphatic heterocycles. The predicted molar refractivity (Wildman–Crippen MR) is 40.4 cm³/mol. The first-order chi connectivity index (χ1) is 5.31. The first-order valence-electron chi connectivity index (χ1n) is 4.03. The van der Waals surface area contributed by atoms with Crippen LogP contribution >= 0.6 is 0 Å². The van der Waals surface area contributed by atoms with Crippen LogP contribution in [0.1, 0.15) is 32.1 Å². The van der Waals surface area contributed by atoms with Gasteiger partial charge in [-0.1, -0.05) is 5.16 Å². The van der Waals surface area contributed by atoms with Crippen molar-refractivity contribution in [3.05, 3.63) is 0 Å². The van der Waals surface area contributed by atoms with Gasteiger partial charge in [-0.05, 0) is 12.8 Å². The molecule has 0 saturated heterocycles. The third kappa shape index (κ3) is 1.15. The number of oxime groups is 1. The van der Waals surface area contributed by atoms with Crippen LogP contribution in [0.2, 0.25) is 0 Å². The molecule has 11 heavy (non-hydrogen) atoms. The SMILES string of the molecule is O=C1CCC2(CC=NO2)CC1. The molecule has 1 saturated carbocycles. The van der Waals surface area contributed by atoms with Gasteiger partial charge in [0.05, 0.1) is 0 Å². The van der Waals surface area contributed by atoms with Gasteiger partial charge >= 0.3 is 0 Å². The van der Waals surface area contributed by atoms with Gasteiger partial charge in [0.15, 0.2) is 0 Å². The standard InChI is InChI=1S/C8H11NO2/c10-7-1-3-8(4-2-7)5-6-9-11-8/h6H,1-5H2. The Morgan fingerprint density at radius 1 is 1.45 bits per heavy atom. The van der Waals surface area contributed by atoms with Crippen molar-refractivity contribution in [1.29, 1.82) is 0 Å². The van der Waals surface area contributed by atoms with E-state index >= 15 is 0 Å². The molecule has 0 radical (unpaired) electrons. The van der Waals surface area contributed by atoms with Gasteiger partial charge in [0.2, 0.25) is 0 Å². The van der Waals surface area contributed by atoms with Crippen LogP contribution in [0.15, 0.2) is 5.16 Å². The van der Waals surface area contributed by atoms with Crippen molar-refractivity contribution >= 4 is 12.0 Å². The molecule has 3 heteroatoms. The molecule has 0 aromatic heterocycles. The van der Waals surface area contributed by atoms with E-state index in [-0.39, 0.29) is 5.60 Å². The van der Waals surface area contributed by atoms with Crippen LogP contribution in [0.3, 0.4) is 0 Å². The van der Waals surface area contributed by atoms with Gasteiger partial charge in [0, 0.05) is 25.5 Å². The lowest BCUT2D eigenvalue weighted by Crippen LogP contribution is -2.33. The molecule has 0 unspecified atom stereocenters. The summed E-state index contributed by atoms with van der Waals surface area (Å²) in [6.07, 6.45) is 5.74. The lowest BCUT2D eigenvalue weighted by atomic mass is 9.82. The van der Waals surface area contributed by atoms with E-state index in [4.69, 9.17) is 4.84 Å². The molecule has 3 nitrogen and oxygen atoms in total. The van der Waals surface area contributed by atoms with Crippen molar-refractivity contribution in [1.82, 2.24) is 0 Å². The predicted octanol–water partition coefficient (Wildman–Crippen LogP) is 1.27. The highest BCUT2D eigenvalue weighted by Crippen LogP contribution is 2.35. The lowest BCUT2D eigenvalue weighted by Gasteiger charge is -2.29. The van der Waals surface area contributed by atoms with Gasteiger partial charge in [-0.15, -0.1) is 0 Å². The highest BCUT2D eigenvalue weighted by Gasteiger charge is 2.38. The molecule has 0 atom stereocenters. The third-order valence-corrected chi connectivity index (χ3v) is 2.50. The normalized spacial score (nSPS) is 27.5. The van der Waals surface area contributed by atoms with Crippen molar-refractivity contribution in [2.45, 2.75) is 37.7 Å². The fraction of sp³-hybridized carbons (Fsp3) is 0.750. The van der Waals surface area contributed by atoms with Gasteiger partial charge in [-0.2, -0.15) is 0 Å². The first kappa shape index (κ1) is 6.83. The average molecular weight is 153 g/mol. The zero-order valence-electron chi connectivity index (χ0n) is 6.38. The van der Waals surface area contributed by atoms with Crippen molar-refractivity contribution in [3.8, 4) is 0 Å². The Morgan fingerprint density at radius 2 is 2.18 bits per heavy atom. The van der Waals surface area contributed by atoms with Gasteiger partial charge in [-0.25, -0.2) is 0 Å². The van der Waals surface area contributed by atoms with Crippen LogP contribution in [0.25, 0.3) is 0 Å². The number of hydrogen-bond acceptors (Lipinski definition) is 3. The monoisotopic (exact) mass is 153 g/mol. The number of rotatable bonds is 0. The van der Waals surface area contributed by atoms with E-state index in [0.717, 1.165) is 19.3 Å². The largest absolute Gasteiger partial charge is 0.389 e. The smallest absolute Gasteiger partial charge is 0.143 e. The van der Waals surface area contributed by atoms with Gasteiger partial charge < -0.3 is 4.84 Å². The number of carbonyl (C=O) groups excluding carboxylic acids is 1. The molecule has 0 amide bonds. The van der Waals surface area contributed by atoms with E-state index in [2.05, 4.69) is 5.16 Å². The second kappa shape index (κ2) is 2.32. The van der Waals surface area contributed by atoms with Crippen molar-refractivity contribution in [2.75, 3.05) is 0 Å². The minimum atomic E-state index is -0.0894. The second-order valence-corrected chi connectivity index (χ2v) is 3.31. The van der Waals surface area contributed by atoms with E-state index in [0.29, 0.717) is 18.6 Å². The minimum Gasteiger partial charge on any atom is -0.389 e. The summed E-state index contributed by atoms with van der Waals surface area (Å²) in [6.45, 7) is 0. The van der Waals surface area contributed by atoms with E-state index in [1.807, 2.05) is 0 Å². The summed E-state index contributed by atoms with van der Waals surface area (Å²) in [6, 6.07) is 0. The quantitative estimate of drug-likeness (QED) is 0.525. The maximum atomic E-state index is 10.9. The highest BCUT2D eigenvalue weighted by atomic mass is 16.7. The molecule has 0 aromatic rings. The van der Waals surface area contributed by atoms with Crippen LogP contribution < -0.4 is 0 Å². The number of nitrogens with zero attached hydrogens (tertiary/aromatic N) is 1. The maximum absolute atomic E-state index is 10.9. The fourth-order valence-electron chi connectivity index (χ4n) is 1.67. The van der Waals surface area contributed by atoms with Crippen molar-refractivity contribution < 1.29 is 9.63 Å². The zero-order valence-corrected chi connectivity index (χ0v) is 6.38. The van der Waals surface area contributed by atoms with Crippen molar-refractivity contribution in [3.63, 3.8) is 0 Å². The Bertz CT molecular complexity index is 190. The third-order valence-electron chi connectivity index (χ3n) is 2.50. The molecule has 0 N–H and O–H groups in total. The number of Topliss-reactive ketones (excluding diaryl/α,β-unsaturated/α-hetero) is 1. The molecule has 0 bridgehead atoms. The summed E-state index contributed by atoms with van der Waals surface area (Å²) >= 11 is 0. The molecule has 1 fully saturated rings. The molecule has 1 spiro atoms. The number of carbonyl (C=O) groups is 1. The summed E-state index contributed by atoms with van der Waals surface area (Å²) in [7, 11) is 0. The Labute approximate surface area is 65.4 Å². The summed E-state index contributed by atoms with van der Waals surface area (Å²) in [5.41, 5.74) is -0.0894. The van der Waals surface area contributed by atoms with Gasteiger partial charge in [-0.3, -0.25) is 4.79 Å². The molecule has 1 heterocycles. The number of hydrogen-bond donors (Lipinski definition) is 0. The van der Waals surface area contributed by atoms with E-state index in [9.17, 15) is 4.79 Å². The molecule has 0 aromatic carbocycles. The highest BCUT2D eigenvalue weighted by molar-refractivity contribution is 5.79. The summed E-state index contributed by atoms with van der Waals surface area (Å²) in [5.74, 6) is 0.367. The van der Waals surface area contributed by atoms with Crippen molar-refractivity contribution in [2.24, 2.45) is 5.16 Å². The Hall–Kier alpha value is -0.860. The van der Waals surface area contributed by atoms with Crippen LogP contribution in [0.4, 0.5) is 0 Å². The van der Waals surface area contributed by atoms with Gasteiger partial charge in [0.25, 0.3) is 0 Å². The molecular formula is C8H11NO2. The van der Waals surface area contributed by atoms with Crippen LogP contribution in [-0.4, -0.2) is 17.6 Å². The Morgan fingerprint density at radius 3 is 2.73 bits per heavy atom. The molecule has 2 aliphatic rings. The Kier molecular flexibility index (Phi) is 1.44. The van der Waals surface area contributed by atoms with E-state index in [1.54, 1.807) is 6.21 Å². The topological polar surface area (TPSA) is 38.7 Å². The Balaban J connectivity index is 2.01. The van der Waals surface area contributed by atoms with Crippen LogP contribution in [-0.2, 0) is 9.63 Å². The van der Waals surface area contributed by atoms with Gasteiger partial charge in [0.1, 0.15) is 11.4 Å². The van der Waals surface area contributed by atoms with E-state index in [1.165, 1.54) is 0 Å². The molecule has 2 rings (SSSR count).